The van der Waals surface area contributed by atoms with Crippen molar-refractivity contribution in [3.05, 3.63) is 23.9 Å². The van der Waals surface area contributed by atoms with Crippen molar-refractivity contribution in [1.29, 1.82) is 0 Å². The highest BCUT2D eigenvalue weighted by Crippen LogP contribution is 2.32. The molecular weight excluding hydrogens is 231 g/mol. The zero-order valence-electron chi connectivity index (χ0n) is 9.17. The van der Waals surface area contributed by atoms with E-state index in [2.05, 4.69) is 10.3 Å². The first kappa shape index (κ1) is 12.2. The molecule has 0 bridgehead atoms. The van der Waals surface area contributed by atoms with Crippen LogP contribution in [0.2, 0.25) is 0 Å². The number of nitrogens with two attached hydrogens (primary N) is 1. The normalized spacial score (nSPS) is 17.9. The minimum atomic E-state index is -4.34. The molecule has 0 amide bonds. The van der Waals surface area contributed by atoms with E-state index < -0.39 is 11.7 Å². The van der Waals surface area contributed by atoms with Crippen LogP contribution in [0, 0.1) is 5.92 Å². The Hall–Kier alpha value is -1.30. The number of nitrogens with one attached hydrogen (secondary N) is 1. The molecule has 1 aromatic heterocycles. The number of anilines is 1. The van der Waals surface area contributed by atoms with Crippen molar-refractivity contribution in [3.63, 3.8) is 0 Å². The van der Waals surface area contributed by atoms with E-state index in [0.29, 0.717) is 12.5 Å². The number of alkyl halides is 3. The van der Waals surface area contributed by atoms with Gasteiger partial charge in [0, 0.05) is 18.8 Å². The maximum absolute atomic E-state index is 12.4. The third-order valence-corrected chi connectivity index (χ3v) is 2.83. The standard InChI is InChI=1S/C11H14F3N3/c12-11(13,14)8-3-4-16-10(5-8)17-6-9(15)7-1-2-7/h3-5,7,9H,1-2,6,15H2,(H,16,17). The molecule has 17 heavy (non-hydrogen) atoms. The van der Waals surface area contributed by atoms with Gasteiger partial charge in [-0.05, 0) is 30.9 Å². The van der Waals surface area contributed by atoms with Crippen LogP contribution in [-0.4, -0.2) is 17.6 Å². The maximum atomic E-state index is 12.4. The summed E-state index contributed by atoms with van der Waals surface area (Å²) < 4.78 is 37.3. The summed E-state index contributed by atoms with van der Waals surface area (Å²) in [7, 11) is 0. The lowest BCUT2D eigenvalue weighted by Crippen LogP contribution is -2.31. The van der Waals surface area contributed by atoms with Gasteiger partial charge >= 0.3 is 6.18 Å². The van der Waals surface area contributed by atoms with Crippen LogP contribution < -0.4 is 11.1 Å². The highest BCUT2D eigenvalue weighted by Gasteiger charge is 2.31. The minimum Gasteiger partial charge on any atom is -0.368 e. The van der Waals surface area contributed by atoms with Crippen molar-refractivity contribution >= 4 is 5.82 Å². The number of halogens is 3. The van der Waals surface area contributed by atoms with Crippen LogP contribution >= 0.6 is 0 Å². The Balaban J connectivity index is 1.96. The first-order valence-electron chi connectivity index (χ1n) is 5.49. The number of nitrogens with zero attached hydrogens (tertiary/aromatic N) is 1. The third kappa shape index (κ3) is 3.33. The Morgan fingerprint density at radius 2 is 2.18 bits per heavy atom. The van der Waals surface area contributed by atoms with Gasteiger partial charge in [0.15, 0.2) is 0 Å². The molecule has 94 valence electrons. The van der Waals surface area contributed by atoms with Gasteiger partial charge < -0.3 is 11.1 Å². The van der Waals surface area contributed by atoms with E-state index in [1.54, 1.807) is 0 Å². The molecule has 2 rings (SSSR count). The summed E-state index contributed by atoms with van der Waals surface area (Å²) >= 11 is 0. The summed E-state index contributed by atoms with van der Waals surface area (Å²) in [6.07, 6.45) is -0.969. The number of aromatic nitrogens is 1. The summed E-state index contributed by atoms with van der Waals surface area (Å²) in [5, 5.41) is 2.84. The van der Waals surface area contributed by atoms with Gasteiger partial charge in [-0.15, -0.1) is 0 Å². The average Bonchev–Trinajstić information content (AvgIpc) is 3.09. The molecule has 3 N–H and O–H groups in total. The molecule has 1 aliphatic carbocycles. The zero-order valence-corrected chi connectivity index (χ0v) is 9.17. The van der Waals surface area contributed by atoms with E-state index in [1.165, 1.54) is 0 Å². The van der Waals surface area contributed by atoms with Gasteiger partial charge in [0.05, 0.1) is 5.56 Å². The van der Waals surface area contributed by atoms with Crippen LogP contribution in [-0.2, 0) is 6.18 Å². The molecule has 1 heterocycles. The summed E-state index contributed by atoms with van der Waals surface area (Å²) in [6, 6.07) is 1.94. The molecule has 1 atom stereocenters. The second-order valence-electron chi connectivity index (χ2n) is 4.31. The van der Waals surface area contributed by atoms with Gasteiger partial charge in [0.1, 0.15) is 5.82 Å². The van der Waals surface area contributed by atoms with Crippen molar-refractivity contribution in [1.82, 2.24) is 4.98 Å². The van der Waals surface area contributed by atoms with Gasteiger partial charge in [0.2, 0.25) is 0 Å². The smallest absolute Gasteiger partial charge is 0.368 e. The second kappa shape index (κ2) is 4.52. The Morgan fingerprint density at radius 3 is 2.76 bits per heavy atom. The molecule has 1 aliphatic rings. The lowest BCUT2D eigenvalue weighted by molar-refractivity contribution is -0.137. The van der Waals surface area contributed by atoms with Crippen LogP contribution in [0.15, 0.2) is 18.3 Å². The molecule has 0 radical (unpaired) electrons. The Morgan fingerprint density at radius 1 is 1.47 bits per heavy atom. The summed E-state index contributed by atoms with van der Waals surface area (Å²) in [6.45, 7) is 0.457. The van der Waals surface area contributed by atoms with Crippen molar-refractivity contribution in [2.75, 3.05) is 11.9 Å². The number of rotatable bonds is 4. The topological polar surface area (TPSA) is 50.9 Å². The van der Waals surface area contributed by atoms with Crippen LogP contribution in [0.4, 0.5) is 19.0 Å². The molecule has 0 saturated heterocycles. The van der Waals surface area contributed by atoms with Gasteiger partial charge in [-0.2, -0.15) is 13.2 Å². The predicted molar refractivity (Wildman–Crippen MR) is 58.4 cm³/mol. The van der Waals surface area contributed by atoms with Crippen LogP contribution in [0.5, 0.6) is 0 Å². The minimum absolute atomic E-state index is 0.00802. The monoisotopic (exact) mass is 245 g/mol. The molecule has 1 aromatic rings. The fourth-order valence-electron chi connectivity index (χ4n) is 1.62. The number of hydrogen-bond acceptors (Lipinski definition) is 3. The quantitative estimate of drug-likeness (QED) is 0.855. The van der Waals surface area contributed by atoms with Gasteiger partial charge in [-0.1, -0.05) is 0 Å². The van der Waals surface area contributed by atoms with E-state index >= 15 is 0 Å². The van der Waals surface area contributed by atoms with E-state index in [0.717, 1.165) is 31.2 Å². The molecule has 3 nitrogen and oxygen atoms in total. The molecule has 0 spiro atoms. The van der Waals surface area contributed by atoms with Crippen molar-refractivity contribution in [3.8, 4) is 0 Å². The van der Waals surface area contributed by atoms with E-state index in [-0.39, 0.29) is 11.9 Å². The zero-order chi connectivity index (χ0) is 12.5. The fraction of sp³-hybridized carbons (Fsp3) is 0.545. The van der Waals surface area contributed by atoms with Crippen LogP contribution in [0.25, 0.3) is 0 Å². The molecule has 1 unspecified atom stereocenters. The summed E-state index contributed by atoms with van der Waals surface area (Å²) in [5.74, 6) is 0.726. The Kier molecular flexibility index (Phi) is 3.24. The highest BCUT2D eigenvalue weighted by atomic mass is 19.4. The number of hydrogen-bond donors (Lipinski definition) is 2. The Bertz CT molecular complexity index is 388. The molecule has 0 aliphatic heterocycles. The third-order valence-electron chi connectivity index (χ3n) is 2.83. The van der Waals surface area contributed by atoms with Gasteiger partial charge in [0.25, 0.3) is 0 Å². The summed E-state index contributed by atoms with van der Waals surface area (Å²) in [4.78, 5) is 3.84. The van der Waals surface area contributed by atoms with Crippen LogP contribution in [0.1, 0.15) is 18.4 Å². The maximum Gasteiger partial charge on any atom is 0.416 e. The summed E-state index contributed by atoms with van der Waals surface area (Å²) in [5.41, 5.74) is 5.14. The van der Waals surface area contributed by atoms with Gasteiger partial charge in [-0.25, -0.2) is 4.98 Å². The van der Waals surface area contributed by atoms with Crippen molar-refractivity contribution in [2.45, 2.75) is 25.1 Å². The molecule has 1 fully saturated rings. The van der Waals surface area contributed by atoms with Crippen LogP contribution in [0.3, 0.4) is 0 Å². The second-order valence-corrected chi connectivity index (χ2v) is 4.31. The highest BCUT2D eigenvalue weighted by molar-refractivity contribution is 5.38. The van der Waals surface area contributed by atoms with Gasteiger partial charge in [-0.3, -0.25) is 0 Å². The number of pyridine rings is 1. The largest absolute Gasteiger partial charge is 0.416 e. The van der Waals surface area contributed by atoms with E-state index in [4.69, 9.17) is 5.73 Å². The molecular formula is C11H14F3N3. The van der Waals surface area contributed by atoms with Crippen molar-refractivity contribution in [2.24, 2.45) is 11.7 Å². The predicted octanol–water partition coefficient (Wildman–Crippen LogP) is 2.25. The fourth-order valence-corrected chi connectivity index (χ4v) is 1.62. The first-order chi connectivity index (χ1) is 7.97. The average molecular weight is 245 g/mol. The molecule has 6 heteroatoms. The lowest BCUT2D eigenvalue weighted by atomic mass is 10.2. The molecule has 0 aromatic carbocycles. The lowest BCUT2D eigenvalue weighted by Gasteiger charge is -2.13. The van der Waals surface area contributed by atoms with Crippen molar-refractivity contribution < 1.29 is 13.2 Å². The molecule has 1 saturated carbocycles. The first-order valence-corrected chi connectivity index (χ1v) is 5.49. The van der Waals surface area contributed by atoms with E-state index in [9.17, 15) is 13.2 Å². The Labute approximate surface area is 97.2 Å². The van der Waals surface area contributed by atoms with E-state index in [1.807, 2.05) is 0 Å². The SMILES string of the molecule is NC(CNc1cc(C(F)(F)F)ccn1)C1CC1.